The van der Waals surface area contributed by atoms with Gasteiger partial charge in [-0.05, 0) is 30.9 Å². The van der Waals surface area contributed by atoms with E-state index in [1.54, 1.807) is 0 Å². The topological polar surface area (TPSA) is 107 Å². The molecule has 7 nitrogen and oxygen atoms in total. The molecule has 1 aromatic carbocycles. The lowest BCUT2D eigenvalue weighted by atomic mass is 9.81. The number of benzene rings is 1. The molecule has 1 aliphatic heterocycles. The molecule has 1 aliphatic rings. The number of hydrogen-bond acceptors (Lipinski definition) is 5. The van der Waals surface area contributed by atoms with E-state index >= 15 is 0 Å². The highest BCUT2D eigenvalue weighted by atomic mass is 35.5. The molecule has 23 heavy (non-hydrogen) atoms. The first-order valence-electron chi connectivity index (χ1n) is 7.06. The van der Waals surface area contributed by atoms with Gasteiger partial charge >= 0.3 is 0 Å². The summed E-state index contributed by atoms with van der Waals surface area (Å²) in [5.41, 5.74) is 5.98. The van der Waals surface area contributed by atoms with Gasteiger partial charge in [-0.2, -0.15) is 4.31 Å². The monoisotopic (exact) mass is 363 g/mol. The van der Waals surface area contributed by atoms with Crippen LogP contribution in [0.3, 0.4) is 0 Å². The summed E-state index contributed by atoms with van der Waals surface area (Å²) in [7, 11) is -3.67. The molecule has 0 aromatic heterocycles. The molecule has 130 valence electrons. The van der Waals surface area contributed by atoms with Gasteiger partial charge in [0, 0.05) is 30.8 Å². The Morgan fingerprint density at radius 2 is 2.00 bits per heavy atom. The largest absolute Gasteiger partial charge is 0.327 e. The Morgan fingerprint density at radius 3 is 2.48 bits per heavy atom. The SMILES string of the molecule is Cc1cc(S(=O)(=O)N2CCC(N)C(C)(C)C2)ccc1[N+](=O)[O-].Cl. The summed E-state index contributed by atoms with van der Waals surface area (Å²) < 4.78 is 26.9. The second-order valence-electron chi connectivity index (χ2n) is 6.43. The highest BCUT2D eigenvalue weighted by Crippen LogP contribution is 2.32. The molecule has 2 rings (SSSR count). The van der Waals surface area contributed by atoms with E-state index < -0.39 is 14.9 Å². The lowest BCUT2D eigenvalue weighted by molar-refractivity contribution is -0.385. The molecule has 2 N–H and O–H groups in total. The predicted octanol–water partition coefficient (Wildman–Crippen LogP) is 2.07. The summed E-state index contributed by atoms with van der Waals surface area (Å²) in [6, 6.07) is 3.84. The van der Waals surface area contributed by atoms with E-state index in [-0.39, 0.29) is 34.4 Å². The van der Waals surface area contributed by atoms with Gasteiger partial charge in [0.15, 0.2) is 0 Å². The van der Waals surface area contributed by atoms with Crippen molar-refractivity contribution >= 4 is 28.1 Å². The summed E-state index contributed by atoms with van der Waals surface area (Å²) in [6.45, 7) is 6.13. The molecular weight excluding hydrogens is 342 g/mol. The van der Waals surface area contributed by atoms with Crippen LogP contribution >= 0.6 is 12.4 Å². The molecule has 0 saturated carbocycles. The normalized spacial score (nSPS) is 21.5. The fourth-order valence-electron chi connectivity index (χ4n) is 2.67. The smallest absolute Gasteiger partial charge is 0.272 e. The van der Waals surface area contributed by atoms with Crippen LogP contribution in [0.1, 0.15) is 25.8 Å². The minimum atomic E-state index is -3.67. The van der Waals surface area contributed by atoms with Gasteiger partial charge in [0.1, 0.15) is 0 Å². The maximum Gasteiger partial charge on any atom is 0.272 e. The van der Waals surface area contributed by atoms with Gasteiger partial charge in [-0.1, -0.05) is 13.8 Å². The molecule has 9 heteroatoms. The molecule has 0 amide bonds. The molecule has 1 unspecified atom stereocenters. The summed E-state index contributed by atoms with van der Waals surface area (Å²) in [6.07, 6.45) is 0.595. The van der Waals surface area contributed by atoms with Gasteiger partial charge in [0.2, 0.25) is 10.0 Å². The average Bonchev–Trinajstić information content (AvgIpc) is 2.41. The molecule has 0 bridgehead atoms. The number of aryl methyl sites for hydroxylation is 1. The molecule has 0 radical (unpaired) electrons. The van der Waals surface area contributed by atoms with Crippen molar-refractivity contribution in [1.29, 1.82) is 0 Å². The Hall–Kier alpha value is -1.22. The van der Waals surface area contributed by atoms with Crippen molar-refractivity contribution in [1.82, 2.24) is 4.31 Å². The van der Waals surface area contributed by atoms with Gasteiger partial charge in [-0.15, -0.1) is 12.4 Å². The van der Waals surface area contributed by atoms with Crippen molar-refractivity contribution < 1.29 is 13.3 Å². The summed E-state index contributed by atoms with van der Waals surface area (Å²) in [4.78, 5) is 10.4. The summed E-state index contributed by atoms with van der Waals surface area (Å²) in [5, 5.41) is 10.8. The van der Waals surface area contributed by atoms with Gasteiger partial charge < -0.3 is 5.73 Å². The number of nitro groups is 1. The Balaban J connectivity index is 0.00000264. The third kappa shape index (κ3) is 3.82. The van der Waals surface area contributed by atoms with Gasteiger partial charge in [0.05, 0.1) is 9.82 Å². The Bertz CT molecular complexity index is 706. The van der Waals surface area contributed by atoms with Crippen LogP contribution < -0.4 is 5.73 Å². The van der Waals surface area contributed by atoms with Crippen LogP contribution in [0.5, 0.6) is 0 Å². The number of rotatable bonds is 3. The number of nitro benzene ring substituents is 1. The molecule has 1 atom stereocenters. The fraction of sp³-hybridized carbons (Fsp3) is 0.571. The second kappa shape index (κ2) is 6.72. The minimum Gasteiger partial charge on any atom is -0.327 e. The third-order valence-electron chi connectivity index (χ3n) is 4.28. The molecule has 1 saturated heterocycles. The van der Waals surface area contributed by atoms with E-state index in [1.165, 1.54) is 29.4 Å². The number of halogens is 1. The lowest BCUT2D eigenvalue weighted by Crippen LogP contribution is -2.53. The Morgan fingerprint density at radius 1 is 1.39 bits per heavy atom. The van der Waals surface area contributed by atoms with Gasteiger partial charge in [-0.25, -0.2) is 8.42 Å². The zero-order chi connectivity index (χ0) is 16.7. The lowest BCUT2D eigenvalue weighted by Gasteiger charge is -2.41. The van der Waals surface area contributed by atoms with Crippen LogP contribution in [0.15, 0.2) is 23.1 Å². The number of piperidine rings is 1. The molecule has 0 spiro atoms. The summed E-state index contributed by atoms with van der Waals surface area (Å²) >= 11 is 0. The quantitative estimate of drug-likeness (QED) is 0.653. The van der Waals surface area contributed by atoms with Crippen LogP contribution in [0.25, 0.3) is 0 Å². The van der Waals surface area contributed by atoms with Crippen molar-refractivity contribution in [2.45, 2.75) is 38.1 Å². The standard InChI is InChI=1S/C14H21N3O4S.ClH/c1-10-8-11(4-5-12(10)17(18)19)22(20,21)16-7-6-13(15)14(2,3)9-16;/h4-5,8,13H,6-7,9,15H2,1-3H3;1H. The van der Waals surface area contributed by atoms with Crippen molar-refractivity contribution in [2.24, 2.45) is 11.1 Å². The van der Waals surface area contributed by atoms with Crippen LogP contribution in [-0.4, -0.2) is 36.8 Å². The van der Waals surface area contributed by atoms with Gasteiger partial charge in [0.25, 0.3) is 5.69 Å². The first-order valence-corrected chi connectivity index (χ1v) is 8.50. The van der Waals surface area contributed by atoms with Crippen LogP contribution in [0, 0.1) is 22.5 Å². The average molecular weight is 364 g/mol. The zero-order valence-corrected chi connectivity index (χ0v) is 15.0. The molecule has 1 fully saturated rings. The molecular formula is C14H22ClN3O4S. The third-order valence-corrected chi connectivity index (χ3v) is 6.12. The summed E-state index contributed by atoms with van der Waals surface area (Å²) in [5.74, 6) is 0. The van der Waals surface area contributed by atoms with E-state index in [4.69, 9.17) is 5.73 Å². The van der Waals surface area contributed by atoms with E-state index in [0.29, 0.717) is 25.1 Å². The molecule has 1 aromatic rings. The van der Waals surface area contributed by atoms with Crippen molar-refractivity contribution in [3.63, 3.8) is 0 Å². The van der Waals surface area contributed by atoms with E-state index in [2.05, 4.69) is 0 Å². The van der Waals surface area contributed by atoms with E-state index in [1.807, 2.05) is 13.8 Å². The maximum absolute atomic E-state index is 12.7. The van der Waals surface area contributed by atoms with Crippen molar-refractivity contribution in [2.75, 3.05) is 13.1 Å². The number of nitrogens with two attached hydrogens (primary N) is 1. The highest BCUT2D eigenvalue weighted by Gasteiger charge is 2.39. The van der Waals surface area contributed by atoms with E-state index in [9.17, 15) is 18.5 Å². The van der Waals surface area contributed by atoms with Crippen LogP contribution in [0.2, 0.25) is 0 Å². The van der Waals surface area contributed by atoms with E-state index in [0.717, 1.165) is 0 Å². The number of hydrogen-bond donors (Lipinski definition) is 1. The highest BCUT2D eigenvalue weighted by molar-refractivity contribution is 7.89. The first kappa shape index (κ1) is 19.8. The Kier molecular flexibility index (Phi) is 5.79. The number of sulfonamides is 1. The fourth-order valence-corrected chi connectivity index (χ4v) is 4.38. The van der Waals surface area contributed by atoms with Gasteiger partial charge in [-0.3, -0.25) is 10.1 Å². The molecule has 1 heterocycles. The Labute approximate surface area is 142 Å². The van der Waals surface area contributed by atoms with Crippen molar-refractivity contribution in [3.05, 3.63) is 33.9 Å². The predicted molar refractivity (Wildman–Crippen MR) is 90.2 cm³/mol. The number of nitrogens with zero attached hydrogens (tertiary/aromatic N) is 2. The van der Waals surface area contributed by atoms with Crippen LogP contribution in [0.4, 0.5) is 5.69 Å². The maximum atomic E-state index is 12.7. The second-order valence-corrected chi connectivity index (χ2v) is 8.37. The van der Waals surface area contributed by atoms with Crippen LogP contribution in [-0.2, 0) is 10.0 Å². The first-order chi connectivity index (χ1) is 10.1. The minimum absolute atomic E-state index is 0. The molecule has 0 aliphatic carbocycles. The zero-order valence-electron chi connectivity index (χ0n) is 13.4. The van der Waals surface area contributed by atoms with Crippen molar-refractivity contribution in [3.8, 4) is 0 Å².